The molecule has 10 heteroatoms. The highest BCUT2D eigenvalue weighted by Gasteiger charge is 2.21. The quantitative estimate of drug-likeness (QED) is 0.166. The van der Waals surface area contributed by atoms with Gasteiger partial charge in [-0.3, -0.25) is 4.79 Å². The molecule has 0 saturated carbocycles. The van der Waals surface area contributed by atoms with Crippen LogP contribution >= 0.6 is 11.8 Å². The first-order valence-corrected chi connectivity index (χ1v) is 13.0. The smallest absolute Gasteiger partial charge is 0.259 e. The number of nitrogens with one attached hydrogen (secondary N) is 4. The normalized spacial score (nSPS) is 11.0. The Bertz CT molecular complexity index is 1360. The van der Waals surface area contributed by atoms with Gasteiger partial charge in [0, 0.05) is 37.9 Å². The lowest BCUT2D eigenvalue weighted by Crippen LogP contribution is -2.28. The Balaban J connectivity index is 1.42. The number of hydrogen-bond acceptors (Lipinski definition) is 9. The third-order valence-corrected chi connectivity index (χ3v) is 6.28. The van der Waals surface area contributed by atoms with Crippen LogP contribution in [0.4, 0.5) is 23.1 Å². The first-order chi connectivity index (χ1) is 17.9. The number of pyridine rings is 2. The van der Waals surface area contributed by atoms with E-state index in [9.17, 15) is 4.79 Å². The number of thioether (sulfide) groups is 1. The second-order valence-corrected chi connectivity index (χ2v) is 9.54. The van der Waals surface area contributed by atoms with Crippen LogP contribution in [-0.4, -0.2) is 39.1 Å². The molecule has 0 aliphatic rings. The molecule has 4 aromatic rings. The fourth-order valence-electron chi connectivity index (χ4n) is 3.71. The van der Waals surface area contributed by atoms with Gasteiger partial charge in [0.1, 0.15) is 17.5 Å². The molecular formula is C27H30N8OS. The second-order valence-electron chi connectivity index (χ2n) is 8.76. The van der Waals surface area contributed by atoms with Crippen LogP contribution in [0.1, 0.15) is 35.3 Å². The van der Waals surface area contributed by atoms with Crippen molar-refractivity contribution >= 4 is 40.8 Å². The fraction of sp³-hybridized carbons (Fsp3) is 0.222. The van der Waals surface area contributed by atoms with E-state index < -0.39 is 0 Å². The molecular weight excluding hydrogens is 484 g/mol. The number of carbonyl (C=O) groups excluding carboxylic acids is 1. The molecule has 3 aromatic heterocycles. The minimum Gasteiger partial charge on any atom is -0.373 e. The summed E-state index contributed by atoms with van der Waals surface area (Å²) in [6, 6.07) is 17.0. The molecule has 0 fully saturated rings. The lowest BCUT2D eigenvalue weighted by Gasteiger charge is -2.28. The lowest BCUT2D eigenvalue weighted by molar-refractivity contribution is 0.102. The number of amides is 1. The van der Waals surface area contributed by atoms with Gasteiger partial charge in [-0.15, -0.1) is 0 Å². The van der Waals surface area contributed by atoms with Gasteiger partial charge < -0.3 is 21.3 Å². The SMILES string of the molecule is CNc1cc(CNc2ncccc2C(=O)Nc2ccc(C(C)(C)Nc3ccnc(SC)n3)cc2)ccn1. The van der Waals surface area contributed by atoms with Crippen molar-refractivity contribution in [2.45, 2.75) is 31.1 Å². The summed E-state index contributed by atoms with van der Waals surface area (Å²) in [5.74, 6) is 1.81. The Hall–Kier alpha value is -4.18. The summed E-state index contributed by atoms with van der Waals surface area (Å²) >= 11 is 1.50. The number of anilines is 4. The van der Waals surface area contributed by atoms with Gasteiger partial charge in [0.05, 0.1) is 11.1 Å². The zero-order valence-electron chi connectivity index (χ0n) is 21.2. The third-order valence-electron chi connectivity index (χ3n) is 5.71. The van der Waals surface area contributed by atoms with Crippen LogP contribution in [0.3, 0.4) is 0 Å². The molecule has 4 rings (SSSR count). The van der Waals surface area contributed by atoms with Crippen molar-refractivity contribution in [3.63, 3.8) is 0 Å². The van der Waals surface area contributed by atoms with Crippen molar-refractivity contribution < 1.29 is 4.79 Å². The van der Waals surface area contributed by atoms with E-state index in [-0.39, 0.29) is 11.4 Å². The van der Waals surface area contributed by atoms with E-state index in [4.69, 9.17) is 0 Å². The maximum atomic E-state index is 13.1. The molecule has 0 bridgehead atoms. The molecule has 190 valence electrons. The number of hydrogen-bond donors (Lipinski definition) is 4. The molecule has 0 unspecified atom stereocenters. The van der Waals surface area contributed by atoms with Crippen molar-refractivity contribution in [1.29, 1.82) is 0 Å². The molecule has 4 N–H and O–H groups in total. The van der Waals surface area contributed by atoms with E-state index in [0.717, 1.165) is 22.8 Å². The number of benzene rings is 1. The molecule has 0 aliphatic carbocycles. The Morgan fingerprint density at radius 3 is 2.49 bits per heavy atom. The van der Waals surface area contributed by atoms with E-state index in [1.807, 2.05) is 55.8 Å². The number of aromatic nitrogens is 4. The molecule has 3 heterocycles. The predicted molar refractivity (Wildman–Crippen MR) is 150 cm³/mol. The van der Waals surface area contributed by atoms with E-state index in [2.05, 4.69) is 55.1 Å². The second kappa shape index (κ2) is 11.7. The van der Waals surface area contributed by atoms with Gasteiger partial charge in [0.2, 0.25) is 0 Å². The molecule has 9 nitrogen and oxygen atoms in total. The van der Waals surface area contributed by atoms with Crippen LogP contribution in [0.2, 0.25) is 0 Å². The van der Waals surface area contributed by atoms with Gasteiger partial charge in [0.25, 0.3) is 5.91 Å². The monoisotopic (exact) mass is 514 g/mol. The minimum atomic E-state index is -0.382. The van der Waals surface area contributed by atoms with Gasteiger partial charge in [-0.25, -0.2) is 19.9 Å². The van der Waals surface area contributed by atoms with Gasteiger partial charge in [-0.1, -0.05) is 23.9 Å². The van der Waals surface area contributed by atoms with Crippen molar-refractivity contribution in [3.8, 4) is 0 Å². The van der Waals surface area contributed by atoms with Gasteiger partial charge in [-0.2, -0.15) is 0 Å². The summed E-state index contributed by atoms with van der Waals surface area (Å²) in [6.07, 6.45) is 7.09. The van der Waals surface area contributed by atoms with E-state index in [1.54, 1.807) is 30.7 Å². The summed E-state index contributed by atoms with van der Waals surface area (Å²) in [5.41, 5.74) is 2.85. The number of rotatable bonds is 10. The standard InChI is InChI=1S/C27H30N8OS/c1-27(2,35-22-12-15-31-26(34-22)37-4)19-7-9-20(10-8-19)33-25(36)21-6-5-13-30-24(21)32-17-18-11-14-29-23(16-18)28-3/h5-16H,17H2,1-4H3,(H,28,29)(H,30,32)(H,33,36)(H,31,34,35). The number of nitrogens with zero attached hydrogens (tertiary/aromatic N) is 4. The van der Waals surface area contributed by atoms with Crippen LogP contribution in [0.15, 0.2) is 78.3 Å². The molecule has 0 saturated heterocycles. The summed E-state index contributed by atoms with van der Waals surface area (Å²) in [4.78, 5) is 30.4. The number of carbonyl (C=O) groups is 1. The Labute approximate surface area is 221 Å². The Morgan fingerprint density at radius 2 is 1.73 bits per heavy atom. The highest BCUT2D eigenvalue weighted by Crippen LogP contribution is 2.27. The summed E-state index contributed by atoms with van der Waals surface area (Å²) in [7, 11) is 1.82. The maximum absolute atomic E-state index is 13.1. The Kier molecular flexibility index (Phi) is 8.19. The average molecular weight is 515 g/mol. The molecule has 1 amide bonds. The molecule has 1 aromatic carbocycles. The molecule has 37 heavy (non-hydrogen) atoms. The zero-order chi connectivity index (χ0) is 26.3. The van der Waals surface area contributed by atoms with Crippen LogP contribution in [0.5, 0.6) is 0 Å². The van der Waals surface area contributed by atoms with Crippen molar-refractivity contribution in [2.75, 3.05) is 34.6 Å². The van der Waals surface area contributed by atoms with Crippen molar-refractivity contribution in [1.82, 2.24) is 19.9 Å². The van der Waals surface area contributed by atoms with Crippen LogP contribution in [-0.2, 0) is 12.1 Å². The Morgan fingerprint density at radius 1 is 0.946 bits per heavy atom. The van der Waals surface area contributed by atoms with Crippen molar-refractivity contribution in [3.05, 3.63) is 89.9 Å². The average Bonchev–Trinajstić information content (AvgIpc) is 2.92. The molecule has 0 spiro atoms. The van der Waals surface area contributed by atoms with Crippen LogP contribution < -0.4 is 21.3 Å². The highest BCUT2D eigenvalue weighted by atomic mass is 32.2. The van der Waals surface area contributed by atoms with Gasteiger partial charge >= 0.3 is 0 Å². The fourth-order valence-corrected chi connectivity index (χ4v) is 4.06. The summed E-state index contributed by atoms with van der Waals surface area (Å²) < 4.78 is 0. The van der Waals surface area contributed by atoms with Crippen LogP contribution in [0.25, 0.3) is 0 Å². The van der Waals surface area contributed by atoms with E-state index in [0.29, 0.717) is 28.8 Å². The summed E-state index contributed by atoms with van der Waals surface area (Å²) in [6.45, 7) is 4.67. The van der Waals surface area contributed by atoms with Gasteiger partial charge in [0.15, 0.2) is 5.16 Å². The topological polar surface area (TPSA) is 117 Å². The van der Waals surface area contributed by atoms with E-state index in [1.165, 1.54) is 11.8 Å². The largest absolute Gasteiger partial charge is 0.373 e. The maximum Gasteiger partial charge on any atom is 0.259 e. The van der Waals surface area contributed by atoms with Crippen LogP contribution in [0, 0.1) is 0 Å². The zero-order valence-corrected chi connectivity index (χ0v) is 22.1. The first kappa shape index (κ1) is 25.9. The molecule has 0 aliphatic heterocycles. The predicted octanol–water partition coefficient (Wildman–Crippen LogP) is 5.24. The van der Waals surface area contributed by atoms with Gasteiger partial charge in [-0.05, 0) is 73.7 Å². The molecule has 0 radical (unpaired) electrons. The lowest BCUT2D eigenvalue weighted by atomic mass is 9.94. The molecule has 0 atom stereocenters. The third kappa shape index (κ3) is 6.73. The first-order valence-electron chi connectivity index (χ1n) is 11.8. The minimum absolute atomic E-state index is 0.239. The van der Waals surface area contributed by atoms with E-state index >= 15 is 0 Å². The van der Waals surface area contributed by atoms with Crippen molar-refractivity contribution in [2.24, 2.45) is 0 Å². The highest BCUT2D eigenvalue weighted by molar-refractivity contribution is 7.98. The summed E-state index contributed by atoms with van der Waals surface area (Å²) in [5, 5.41) is 13.4.